The highest BCUT2D eigenvalue weighted by atomic mass is 15.2. The molecule has 0 aromatic carbocycles. The first-order valence-corrected chi connectivity index (χ1v) is 6.65. The Hall–Kier alpha value is -0.0800. The monoisotopic (exact) mass is 210 g/mol. The van der Waals surface area contributed by atoms with E-state index in [-0.39, 0.29) is 0 Å². The molecule has 1 aliphatic heterocycles. The molecule has 0 aromatic rings. The number of hydrogen-bond acceptors (Lipinski definition) is 2. The first-order valence-electron chi connectivity index (χ1n) is 6.65. The fourth-order valence-corrected chi connectivity index (χ4v) is 3.29. The Kier molecular flexibility index (Phi) is 3.68. The van der Waals surface area contributed by atoms with Gasteiger partial charge in [0.05, 0.1) is 0 Å². The van der Waals surface area contributed by atoms with E-state index in [1.165, 1.54) is 38.9 Å². The predicted octanol–water partition coefficient (Wildman–Crippen LogP) is 2.10. The average molecular weight is 210 g/mol. The minimum absolute atomic E-state index is 0.772. The Morgan fingerprint density at radius 3 is 2.67 bits per heavy atom. The van der Waals surface area contributed by atoms with E-state index in [0.29, 0.717) is 0 Å². The molecule has 2 aliphatic rings. The summed E-state index contributed by atoms with van der Waals surface area (Å²) < 4.78 is 0. The summed E-state index contributed by atoms with van der Waals surface area (Å²) in [7, 11) is 0. The van der Waals surface area contributed by atoms with Crippen LogP contribution in [-0.4, -0.2) is 36.6 Å². The third-order valence-corrected chi connectivity index (χ3v) is 4.23. The average Bonchev–Trinajstić information content (AvgIpc) is 2.65. The third-order valence-electron chi connectivity index (χ3n) is 4.23. The molecule has 1 aliphatic carbocycles. The molecule has 1 saturated carbocycles. The highest BCUT2D eigenvalue weighted by Crippen LogP contribution is 2.31. The Morgan fingerprint density at radius 2 is 2.07 bits per heavy atom. The molecule has 2 nitrogen and oxygen atoms in total. The van der Waals surface area contributed by atoms with Crippen LogP contribution in [-0.2, 0) is 0 Å². The predicted molar refractivity (Wildman–Crippen MR) is 65.0 cm³/mol. The fourth-order valence-electron chi connectivity index (χ4n) is 3.29. The first kappa shape index (κ1) is 11.4. The molecule has 0 bridgehead atoms. The first-order chi connectivity index (χ1) is 7.18. The topological polar surface area (TPSA) is 15.3 Å². The summed E-state index contributed by atoms with van der Waals surface area (Å²) in [5.74, 6) is 1.74. The molecule has 0 amide bonds. The lowest BCUT2D eigenvalue weighted by Gasteiger charge is -2.42. The minimum Gasteiger partial charge on any atom is -0.314 e. The van der Waals surface area contributed by atoms with Crippen LogP contribution in [0.15, 0.2) is 0 Å². The molecule has 3 atom stereocenters. The molecule has 1 saturated heterocycles. The summed E-state index contributed by atoms with van der Waals surface area (Å²) in [6.45, 7) is 10.8. The Morgan fingerprint density at radius 1 is 1.27 bits per heavy atom. The highest BCUT2D eigenvalue weighted by Gasteiger charge is 2.33. The van der Waals surface area contributed by atoms with Crippen molar-refractivity contribution in [3.05, 3.63) is 0 Å². The smallest absolute Gasteiger partial charge is 0.0247 e. The van der Waals surface area contributed by atoms with Crippen molar-refractivity contribution in [3.63, 3.8) is 0 Å². The highest BCUT2D eigenvalue weighted by molar-refractivity contribution is 4.90. The maximum Gasteiger partial charge on any atom is 0.0247 e. The van der Waals surface area contributed by atoms with Gasteiger partial charge in [0.15, 0.2) is 0 Å². The number of piperazine rings is 1. The van der Waals surface area contributed by atoms with Gasteiger partial charge in [-0.3, -0.25) is 4.90 Å². The van der Waals surface area contributed by atoms with E-state index >= 15 is 0 Å². The maximum atomic E-state index is 3.54. The van der Waals surface area contributed by atoms with E-state index in [1.54, 1.807) is 0 Å². The van der Waals surface area contributed by atoms with Crippen LogP contribution < -0.4 is 5.32 Å². The van der Waals surface area contributed by atoms with Gasteiger partial charge in [0, 0.05) is 31.7 Å². The van der Waals surface area contributed by atoms with E-state index in [9.17, 15) is 0 Å². The zero-order valence-electron chi connectivity index (χ0n) is 10.5. The summed E-state index contributed by atoms with van der Waals surface area (Å²) in [5, 5.41) is 3.54. The molecular formula is C13H26N2. The zero-order chi connectivity index (χ0) is 10.8. The van der Waals surface area contributed by atoms with Crippen LogP contribution in [0.25, 0.3) is 0 Å². The van der Waals surface area contributed by atoms with Crippen molar-refractivity contribution in [1.29, 1.82) is 0 Å². The quantitative estimate of drug-likeness (QED) is 0.751. The lowest BCUT2D eigenvalue weighted by molar-refractivity contribution is 0.0777. The molecule has 0 spiro atoms. The van der Waals surface area contributed by atoms with Crippen molar-refractivity contribution in [2.24, 2.45) is 11.8 Å². The van der Waals surface area contributed by atoms with Gasteiger partial charge >= 0.3 is 0 Å². The lowest BCUT2D eigenvalue weighted by Crippen LogP contribution is -2.56. The SMILES string of the molecule is CC1CCC(N2CCNCC2C(C)C)C1. The molecule has 2 rings (SSSR count). The summed E-state index contributed by atoms with van der Waals surface area (Å²) in [5.41, 5.74) is 0. The normalized spacial score (nSPS) is 38.8. The molecule has 15 heavy (non-hydrogen) atoms. The van der Waals surface area contributed by atoms with Gasteiger partial charge in [-0.25, -0.2) is 0 Å². The van der Waals surface area contributed by atoms with Gasteiger partial charge in [-0.15, -0.1) is 0 Å². The van der Waals surface area contributed by atoms with Crippen molar-refractivity contribution in [2.75, 3.05) is 19.6 Å². The summed E-state index contributed by atoms with van der Waals surface area (Å²) in [4.78, 5) is 2.80. The molecule has 0 radical (unpaired) electrons. The second kappa shape index (κ2) is 4.84. The van der Waals surface area contributed by atoms with Gasteiger partial charge in [-0.1, -0.05) is 20.8 Å². The summed E-state index contributed by atoms with van der Waals surface area (Å²) in [6, 6.07) is 1.66. The van der Waals surface area contributed by atoms with E-state index in [4.69, 9.17) is 0 Å². The zero-order valence-corrected chi connectivity index (χ0v) is 10.5. The van der Waals surface area contributed by atoms with E-state index < -0.39 is 0 Å². The van der Waals surface area contributed by atoms with Crippen LogP contribution >= 0.6 is 0 Å². The molecule has 2 heteroatoms. The largest absolute Gasteiger partial charge is 0.314 e. The van der Waals surface area contributed by atoms with Gasteiger partial charge < -0.3 is 5.32 Å². The van der Waals surface area contributed by atoms with Crippen LogP contribution in [0.4, 0.5) is 0 Å². The van der Waals surface area contributed by atoms with Crippen molar-refractivity contribution in [2.45, 2.75) is 52.1 Å². The second-order valence-corrected chi connectivity index (χ2v) is 5.83. The van der Waals surface area contributed by atoms with Gasteiger partial charge in [0.1, 0.15) is 0 Å². The van der Waals surface area contributed by atoms with Crippen LogP contribution in [0.2, 0.25) is 0 Å². The molecule has 0 aromatic heterocycles. The van der Waals surface area contributed by atoms with Gasteiger partial charge in [0.25, 0.3) is 0 Å². The molecular weight excluding hydrogens is 184 g/mol. The fraction of sp³-hybridized carbons (Fsp3) is 1.00. The number of hydrogen-bond donors (Lipinski definition) is 1. The van der Waals surface area contributed by atoms with Crippen LogP contribution in [0, 0.1) is 11.8 Å². The number of nitrogens with zero attached hydrogens (tertiary/aromatic N) is 1. The molecule has 1 heterocycles. The third kappa shape index (κ3) is 2.54. The van der Waals surface area contributed by atoms with Gasteiger partial charge in [-0.2, -0.15) is 0 Å². The molecule has 3 unspecified atom stereocenters. The van der Waals surface area contributed by atoms with Crippen molar-refractivity contribution in [3.8, 4) is 0 Å². The standard InChI is InChI=1S/C13H26N2/c1-10(2)13-9-14-6-7-15(13)12-5-4-11(3)8-12/h10-14H,4-9H2,1-3H3. The lowest BCUT2D eigenvalue weighted by atomic mass is 9.97. The molecule has 2 fully saturated rings. The van der Waals surface area contributed by atoms with E-state index in [2.05, 4.69) is 31.0 Å². The second-order valence-electron chi connectivity index (χ2n) is 5.83. The summed E-state index contributed by atoms with van der Waals surface area (Å²) >= 11 is 0. The minimum atomic E-state index is 0.772. The number of rotatable bonds is 2. The van der Waals surface area contributed by atoms with Crippen LogP contribution in [0.1, 0.15) is 40.0 Å². The van der Waals surface area contributed by atoms with Crippen LogP contribution in [0.3, 0.4) is 0 Å². The van der Waals surface area contributed by atoms with Crippen molar-refractivity contribution < 1.29 is 0 Å². The van der Waals surface area contributed by atoms with Crippen LogP contribution in [0.5, 0.6) is 0 Å². The van der Waals surface area contributed by atoms with Gasteiger partial charge in [0.2, 0.25) is 0 Å². The van der Waals surface area contributed by atoms with Gasteiger partial charge in [-0.05, 0) is 31.1 Å². The Balaban J connectivity index is 1.98. The Labute approximate surface area is 94.4 Å². The summed E-state index contributed by atoms with van der Waals surface area (Å²) in [6.07, 6.45) is 4.31. The molecule has 88 valence electrons. The van der Waals surface area contributed by atoms with E-state index in [0.717, 1.165) is 23.9 Å². The Bertz CT molecular complexity index is 203. The maximum absolute atomic E-state index is 3.54. The molecule has 1 N–H and O–H groups in total. The van der Waals surface area contributed by atoms with Crippen molar-refractivity contribution in [1.82, 2.24) is 10.2 Å². The van der Waals surface area contributed by atoms with Crippen molar-refractivity contribution >= 4 is 0 Å². The number of nitrogens with one attached hydrogen (secondary N) is 1. The van der Waals surface area contributed by atoms with E-state index in [1.807, 2.05) is 0 Å².